The fraction of sp³-hybridized carbons (Fsp3) is 1.00. The second-order valence-corrected chi connectivity index (χ2v) is 7.55. The molecule has 0 bridgehead atoms. The van der Waals surface area contributed by atoms with Gasteiger partial charge in [-0.2, -0.15) is 0 Å². The van der Waals surface area contributed by atoms with Crippen LogP contribution in [0.5, 0.6) is 0 Å². The second-order valence-electron chi connectivity index (χ2n) is 5.28. The molecule has 0 aromatic rings. The van der Waals surface area contributed by atoms with Gasteiger partial charge >= 0.3 is 89.0 Å². The maximum atomic E-state index is 8.93. The average molecular weight is 238 g/mol. The molecule has 0 spiro atoms. The van der Waals surface area contributed by atoms with Crippen LogP contribution in [0.2, 0.25) is 9.56 Å². The van der Waals surface area contributed by atoms with Crippen molar-refractivity contribution in [2.75, 3.05) is 6.61 Å². The third-order valence-electron chi connectivity index (χ3n) is 3.84. The zero-order chi connectivity index (χ0) is 11.6. The van der Waals surface area contributed by atoms with Gasteiger partial charge in [0.05, 0.1) is 0 Å². The molecule has 0 saturated heterocycles. The third-order valence-corrected chi connectivity index (χ3v) is 6.27. The monoisotopic (exact) mass is 238 g/mol. The quantitative estimate of drug-likeness (QED) is 0.674. The Bertz CT molecular complexity index is 133. The van der Waals surface area contributed by atoms with Crippen LogP contribution in [0.15, 0.2) is 0 Å². The minimum absolute atomic E-state index is 0. The summed E-state index contributed by atoms with van der Waals surface area (Å²) in [5, 5.41) is 8.93. The first-order valence-corrected chi connectivity index (χ1v) is 8.63. The van der Waals surface area contributed by atoms with Crippen molar-refractivity contribution in [3.8, 4) is 0 Å². The maximum absolute atomic E-state index is 8.93. The summed E-state index contributed by atoms with van der Waals surface area (Å²) < 4.78 is 2.41. The zero-order valence-electron chi connectivity index (χ0n) is 10.9. The van der Waals surface area contributed by atoms with E-state index < -0.39 is 0 Å². The molecular weight excluding hydrogens is 211 g/mol. The fourth-order valence-electron chi connectivity index (χ4n) is 3.04. The summed E-state index contributed by atoms with van der Waals surface area (Å²) >= 11 is 0.825. The van der Waals surface area contributed by atoms with Crippen LogP contribution in [0, 0.1) is 0 Å². The van der Waals surface area contributed by atoms with E-state index in [1.165, 1.54) is 22.4 Å². The van der Waals surface area contributed by atoms with E-state index in [4.69, 9.17) is 5.11 Å². The topological polar surface area (TPSA) is 23.1 Å². The van der Waals surface area contributed by atoms with Gasteiger partial charge in [0.1, 0.15) is 0 Å². The van der Waals surface area contributed by atoms with Crippen LogP contribution in [-0.4, -0.2) is 21.8 Å². The largest absolute Gasteiger partial charge is 0.855 e. The van der Waals surface area contributed by atoms with Crippen LogP contribution < -0.4 is 5.11 Å². The molecule has 1 nitrogen and oxygen atoms in total. The smallest absolute Gasteiger partial charge is 0.0809 e. The Labute approximate surface area is 108 Å². The Morgan fingerprint density at radius 1 is 0.812 bits per heavy atom. The zero-order valence-corrected chi connectivity index (χ0v) is 12.1. The van der Waals surface area contributed by atoms with E-state index in [1.807, 2.05) is 0 Å². The van der Waals surface area contributed by atoms with E-state index in [1.54, 1.807) is 58.3 Å². The standard InChI is InChI=1S/2C6H11.C2H5O.Al/c2*1-2-4-6-5-3-1;1-2-3;/h2*1H,2-6H2;2H2,1H3;/q;;-1;+1. The first-order chi connectivity index (χ1) is 7.86. The minimum atomic E-state index is 0. The Balaban J connectivity index is 0.000000386. The van der Waals surface area contributed by atoms with Crippen molar-refractivity contribution in [2.24, 2.45) is 0 Å². The summed E-state index contributed by atoms with van der Waals surface area (Å²) in [5.41, 5.74) is 0. The van der Waals surface area contributed by atoms with Gasteiger partial charge in [0.2, 0.25) is 0 Å². The first kappa shape index (κ1) is 14.6. The van der Waals surface area contributed by atoms with Gasteiger partial charge in [-0.3, -0.25) is 0 Å². The number of rotatable bonds is 2. The van der Waals surface area contributed by atoms with Crippen LogP contribution in [0.4, 0.5) is 0 Å². The van der Waals surface area contributed by atoms with E-state index in [0.29, 0.717) is 0 Å². The van der Waals surface area contributed by atoms with Crippen LogP contribution in [0.1, 0.15) is 71.1 Å². The van der Waals surface area contributed by atoms with Gasteiger partial charge in [0.25, 0.3) is 0 Å². The predicted molar refractivity (Wildman–Crippen MR) is 70.0 cm³/mol. The van der Waals surface area contributed by atoms with Crippen molar-refractivity contribution in [3.05, 3.63) is 0 Å². The molecule has 2 aliphatic rings. The van der Waals surface area contributed by atoms with Crippen molar-refractivity contribution in [1.29, 1.82) is 0 Å². The third kappa shape index (κ3) is 6.28. The van der Waals surface area contributed by atoms with E-state index in [-0.39, 0.29) is 6.61 Å². The van der Waals surface area contributed by atoms with E-state index in [0.717, 1.165) is 15.2 Å². The van der Waals surface area contributed by atoms with Crippen molar-refractivity contribution >= 4 is 15.2 Å². The molecule has 92 valence electrons. The summed E-state index contributed by atoms with van der Waals surface area (Å²) in [6.07, 6.45) is 15.6. The fourth-order valence-corrected chi connectivity index (χ4v) is 5.52. The molecule has 0 heterocycles. The Kier molecular flexibility index (Phi) is 8.65. The van der Waals surface area contributed by atoms with Crippen molar-refractivity contribution in [1.82, 2.24) is 0 Å². The number of hydrogen-bond acceptors (Lipinski definition) is 1. The molecule has 0 unspecified atom stereocenters. The Hall–Kier alpha value is 0.492. The van der Waals surface area contributed by atoms with Crippen LogP contribution in [-0.2, 0) is 0 Å². The number of hydrogen-bond donors (Lipinski definition) is 0. The molecule has 0 N–H and O–H groups in total. The van der Waals surface area contributed by atoms with Crippen molar-refractivity contribution < 1.29 is 5.11 Å². The van der Waals surface area contributed by atoms with E-state index >= 15 is 0 Å². The molecular formula is C14H27AlO. The van der Waals surface area contributed by atoms with Crippen LogP contribution >= 0.6 is 0 Å². The predicted octanol–water partition coefficient (Wildman–Crippen LogP) is 3.56. The van der Waals surface area contributed by atoms with Gasteiger partial charge in [-0.25, -0.2) is 0 Å². The van der Waals surface area contributed by atoms with Gasteiger partial charge in [-0.05, 0) is 0 Å². The molecule has 0 amide bonds. The Morgan fingerprint density at radius 2 is 1.12 bits per heavy atom. The summed E-state index contributed by atoms with van der Waals surface area (Å²) in [4.78, 5) is 0. The van der Waals surface area contributed by atoms with E-state index in [2.05, 4.69) is 0 Å². The molecule has 2 saturated carbocycles. The Morgan fingerprint density at radius 3 is 1.44 bits per heavy atom. The molecule has 2 heteroatoms. The van der Waals surface area contributed by atoms with Gasteiger partial charge in [0, 0.05) is 0 Å². The van der Waals surface area contributed by atoms with Crippen molar-refractivity contribution in [3.63, 3.8) is 0 Å². The molecule has 0 aromatic carbocycles. The molecule has 2 rings (SSSR count). The molecule has 0 aromatic heterocycles. The second kappa shape index (κ2) is 9.52. The molecule has 0 atom stereocenters. The van der Waals surface area contributed by atoms with E-state index in [9.17, 15) is 0 Å². The normalized spacial score (nSPS) is 23.1. The summed E-state index contributed by atoms with van der Waals surface area (Å²) in [7, 11) is 0. The average Bonchev–Trinajstić information content (AvgIpc) is 2.33. The van der Waals surface area contributed by atoms with Crippen LogP contribution in [0.3, 0.4) is 0 Å². The minimum Gasteiger partial charge on any atom is -0.855 e. The molecule has 2 aliphatic carbocycles. The summed E-state index contributed by atoms with van der Waals surface area (Å²) in [5.74, 6) is 0. The van der Waals surface area contributed by atoms with Gasteiger partial charge in [0.15, 0.2) is 0 Å². The van der Waals surface area contributed by atoms with Gasteiger partial charge in [-0.1, -0.05) is 6.92 Å². The molecule has 0 aliphatic heterocycles. The van der Waals surface area contributed by atoms with Gasteiger partial charge < -0.3 is 5.11 Å². The maximum Gasteiger partial charge on any atom is -0.0809 e. The molecule has 2 fully saturated rings. The van der Waals surface area contributed by atoms with Gasteiger partial charge in [-0.15, -0.1) is 6.61 Å². The SMILES string of the molecule is C1CC[CH]([Al+][CH]2CCCCC2)CC1.CC[O-]. The molecule has 0 radical (unpaired) electrons. The van der Waals surface area contributed by atoms with Crippen LogP contribution in [0.25, 0.3) is 0 Å². The summed E-state index contributed by atoms with van der Waals surface area (Å²) in [6, 6.07) is 0. The first-order valence-electron chi connectivity index (χ1n) is 7.30. The van der Waals surface area contributed by atoms with Crippen molar-refractivity contribution in [2.45, 2.75) is 80.7 Å². The molecule has 16 heavy (non-hydrogen) atoms. The summed E-state index contributed by atoms with van der Waals surface area (Å²) in [6.45, 7) is 1.57.